The molecule has 0 spiro atoms. The zero-order valence-electron chi connectivity index (χ0n) is 10.9. The average molecular weight is 271 g/mol. The van der Waals surface area contributed by atoms with Crippen molar-refractivity contribution in [1.82, 2.24) is 0 Å². The Labute approximate surface area is 111 Å². The summed E-state index contributed by atoms with van der Waals surface area (Å²) < 4.78 is 22.8. The lowest BCUT2D eigenvalue weighted by Crippen LogP contribution is -2.25. The molecule has 1 aromatic rings. The van der Waals surface area contributed by atoms with Crippen LogP contribution in [0.4, 0.5) is 0 Å². The Bertz CT molecular complexity index is 384. The topological polar surface area (TPSA) is 61.5 Å². The van der Waals surface area contributed by atoms with Crippen molar-refractivity contribution in [3.63, 3.8) is 0 Å². The number of hydrogen-bond acceptors (Lipinski definition) is 4. The van der Waals surface area contributed by atoms with Crippen molar-refractivity contribution in [3.8, 4) is 5.75 Å². The Balaban J connectivity index is 2.59. The van der Waals surface area contributed by atoms with Crippen molar-refractivity contribution < 1.29 is 13.7 Å². The number of nitrogens with two attached hydrogens (primary N) is 1. The van der Waals surface area contributed by atoms with Crippen LogP contribution in [0.1, 0.15) is 13.3 Å². The largest absolute Gasteiger partial charge is 0.495 e. The third-order valence-corrected chi connectivity index (χ3v) is 4.04. The summed E-state index contributed by atoms with van der Waals surface area (Å²) in [7, 11) is 0.501. The predicted octanol–water partition coefficient (Wildman–Crippen LogP) is 1.56. The minimum Gasteiger partial charge on any atom is -0.495 e. The molecule has 0 aromatic heterocycles. The molecule has 1 aromatic carbocycles. The van der Waals surface area contributed by atoms with Crippen LogP contribution >= 0.6 is 0 Å². The van der Waals surface area contributed by atoms with Gasteiger partial charge in [0.1, 0.15) is 5.75 Å². The summed E-state index contributed by atoms with van der Waals surface area (Å²) in [6, 6.07) is 7.37. The van der Waals surface area contributed by atoms with E-state index in [1.54, 1.807) is 7.11 Å². The van der Waals surface area contributed by atoms with Gasteiger partial charge in [-0.25, -0.2) is 0 Å². The first-order valence-corrected chi connectivity index (χ1v) is 7.37. The lowest BCUT2D eigenvalue weighted by atomic mass is 10.3. The normalized spacial score (nSPS) is 14.2. The molecule has 0 bridgehead atoms. The van der Waals surface area contributed by atoms with E-state index in [0.29, 0.717) is 31.1 Å². The van der Waals surface area contributed by atoms with Crippen LogP contribution in [0.2, 0.25) is 0 Å². The van der Waals surface area contributed by atoms with Gasteiger partial charge in [0.25, 0.3) is 0 Å². The van der Waals surface area contributed by atoms with Gasteiger partial charge in [0, 0.05) is 18.9 Å². The monoisotopic (exact) mass is 271 g/mol. The highest BCUT2D eigenvalue weighted by Crippen LogP contribution is 2.22. The standard InChI is InChI=1S/C13H21NO3S/c1-3-17-11(10-14)8-9-18(15)13-7-5-4-6-12(13)16-2/h4-7,11H,3,8-10,14H2,1-2H3. The molecule has 2 atom stereocenters. The second-order valence-corrected chi connectivity index (χ2v) is 5.34. The Kier molecular flexibility index (Phi) is 6.93. The lowest BCUT2D eigenvalue weighted by molar-refractivity contribution is 0.0672. The first-order valence-electron chi connectivity index (χ1n) is 6.06. The SMILES string of the molecule is CCOC(CN)CCS(=O)c1ccccc1OC. The van der Waals surface area contributed by atoms with E-state index in [-0.39, 0.29) is 6.10 Å². The fourth-order valence-electron chi connectivity index (χ4n) is 1.66. The summed E-state index contributed by atoms with van der Waals surface area (Å²) >= 11 is 0. The molecule has 0 aliphatic carbocycles. The van der Waals surface area contributed by atoms with Gasteiger partial charge in [-0.15, -0.1) is 0 Å². The summed E-state index contributed by atoms with van der Waals surface area (Å²) in [5.41, 5.74) is 5.59. The van der Waals surface area contributed by atoms with Gasteiger partial charge in [-0.3, -0.25) is 4.21 Å². The van der Waals surface area contributed by atoms with Crippen LogP contribution in [0.5, 0.6) is 5.75 Å². The second kappa shape index (κ2) is 8.24. The zero-order chi connectivity index (χ0) is 13.4. The van der Waals surface area contributed by atoms with Crippen molar-refractivity contribution in [1.29, 1.82) is 0 Å². The van der Waals surface area contributed by atoms with Crippen molar-refractivity contribution in [3.05, 3.63) is 24.3 Å². The molecular formula is C13H21NO3S. The maximum Gasteiger partial charge on any atom is 0.134 e. The fourth-order valence-corrected chi connectivity index (χ4v) is 2.96. The molecule has 0 saturated heterocycles. The Morgan fingerprint density at radius 2 is 2.11 bits per heavy atom. The number of para-hydroxylation sites is 1. The van der Waals surface area contributed by atoms with Crippen molar-refractivity contribution in [2.45, 2.75) is 24.3 Å². The minimum absolute atomic E-state index is 0.0198. The molecule has 0 amide bonds. The molecule has 2 unspecified atom stereocenters. The first kappa shape index (κ1) is 15.1. The van der Waals surface area contributed by atoms with Gasteiger partial charge in [-0.1, -0.05) is 12.1 Å². The van der Waals surface area contributed by atoms with Crippen molar-refractivity contribution >= 4 is 10.8 Å². The molecular weight excluding hydrogens is 250 g/mol. The zero-order valence-corrected chi connectivity index (χ0v) is 11.7. The molecule has 0 aliphatic rings. The maximum absolute atomic E-state index is 12.2. The van der Waals surface area contributed by atoms with Gasteiger partial charge < -0.3 is 15.2 Å². The lowest BCUT2D eigenvalue weighted by Gasteiger charge is -2.14. The molecule has 0 radical (unpaired) electrons. The van der Waals surface area contributed by atoms with Gasteiger partial charge in [0.05, 0.1) is 28.9 Å². The smallest absolute Gasteiger partial charge is 0.134 e. The van der Waals surface area contributed by atoms with Gasteiger partial charge in [0.15, 0.2) is 0 Å². The van der Waals surface area contributed by atoms with Gasteiger partial charge in [0.2, 0.25) is 0 Å². The van der Waals surface area contributed by atoms with E-state index in [2.05, 4.69) is 0 Å². The Morgan fingerprint density at radius 1 is 1.39 bits per heavy atom. The average Bonchev–Trinajstić information content (AvgIpc) is 2.42. The van der Waals surface area contributed by atoms with E-state index in [9.17, 15) is 4.21 Å². The molecule has 0 heterocycles. The van der Waals surface area contributed by atoms with E-state index in [0.717, 1.165) is 4.90 Å². The van der Waals surface area contributed by atoms with Crippen LogP contribution in [0.25, 0.3) is 0 Å². The molecule has 0 aliphatic heterocycles. The summed E-state index contributed by atoms with van der Waals surface area (Å²) in [6.07, 6.45) is 0.670. The molecule has 102 valence electrons. The van der Waals surface area contributed by atoms with Crippen LogP contribution in [0, 0.1) is 0 Å². The van der Waals surface area contributed by atoms with Gasteiger partial charge in [-0.05, 0) is 25.5 Å². The molecule has 2 N–H and O–H groups in total. The van der Waals surface area contributed by atoms with E-state index >= 15 is 0 Å². The fraction of sp³-hybridized carbons (Fsp3) is 0.538. The van der Waals surface area contributed by atoms with Crippen LogP contribution in [-0.4, -0.2) is 36.3 Å². The van der Waals surface area contributed by atoms with E-state index in [1.807, 2.05) is 31.2 Å². The summed E-state index contributed by atoms with van der Waals surface area (Å²) in [5.74, 6) is 1.19. The molecule has 0 fully saturated rings. The third-order valence-electron chi connectivity index (χ3n) is 2.60. The summed E-state index contributed by atoms with van der Waals surface area (Å²) in [6.45, 7) is 3.01. The highest BCUT2D eigenvalue weighted by molar-refractivity contribution is 7.85. The molecule has 5 heteroatoms. The number of ether oxygens (including phenoxy) is 2. The number of benzene rings is 1. The molecule has 0 saturated carbocycles. The van der Waals surface area contributed by atoms with E-state index in [4.69, 9.17) is 15.2 Å². The molecule has 1 rings (SSSR count). The second-order valence-electron chi connectivity index (χ2n) is 3.80. The van der Waals surface area contributed by atoms with Gasteiger partial charge in [-0.2, -0.15) is 0 Å². The quantitative estimate of drug-likeness (QED) is 0.779. The Morgan fingerprint density at radius 3 is 2.72 bits per heavy atom. The first-order chi connectivity index (χ1) is 8.72. The van der Waals surface area contributed by atoms with Crippen LogP contribution < -0.4 is 10.5 Å². The number of hydrogen-bond donors (Lipinski definition) is 1. The summed E-state index contributed by atoms with van der Waals surface area (Å²) in [4.78, 5) is 0.729. The highest BCUT2D eigenvalue weighted by Gasteiger charge is 2.13. The van der Waals surface area contributed by atoms with Crippen molar-refractivity contribution in [2.24, 2.45) is 5.73 Å². The third kappa shape index (κ3) is 4.40. The van der Waals surface area contributed by atoms with Crippen LogP contribution in [0.15, 0.2) is 29.2 Å². The van der Waals surface area contributed by atoms with Crippen molar-refractivity contribution in [2.75, 3.05) is 26.0 Å². The number of methoxy groups -OCH3 is 1. The van der Waals surface area contributed by atoms with Crippen LogP contribution in [-0.2, 0) is 15.5 Å². The highest BCUT2D eigenvalue weighted by atomic mass is 32.2. The van der Waals surface area contributed by atoms with E-state index in [1.165, 1.54) is 0 Å². The number of rotatable bonds is 8. The predicted molar refractivity (Wildman–Crippen MR) is 73.4 cm³/mol. The summed E-state index contributed by atoms with van der Waals surface area (Å²) in [5, 5.41) is 0. The maximum atomic E-state index is 12.2. The Hall–Kier alpha value is -0.910. The van der Waals surface area contributed by atoms with Crippen LogP contribution in [0.3, 0.4) is 0 Å². The molecule has 18 heavy (non-hydrogen) atoms. The van der Waals surface area contributed by atoms with E-state index < -0.39 is 10.8 Å². The minimum atomic E-state index is -1.08. The van der Waals surface area contributed by atoms with Gasteiger partial charge >= 0.3 is 0 Å². The molecule has 4 nitrogen and oxygen atoms in total.